The zero-order valence-electron chi connectivity index (χ0n) is 13.1. The van der Waals surface area contributed by atoms with E-state index in [1.54, 1.807) is 0 Å². The number of hydrogen-bond acceptors (Lipinski definition) is 2. The van der Waals surface area contributed by atoms with E-state index in [9.17, 15) is 0 Å². The summed E-state index contributed by atoms with van der Waals surface area (Å²) < 4.78 is 0. The summed E-state index contributed by atoms with van der Waals surface area (Å²) in [7, 11) is 0. The van der Waals surface area contributed by atoms with Gasteiger partial charge in [-0.1, -0.05) is 57.0 Å². The molecule has 2 nitrogen and oxygen atoms in total. The van der Waals surface area contributed by atoms with E-state index in [-0.39, 0.29) is 5.54 Å². The van der Waals surface area contributed by atoms with Gasteiger partial charge in [0.25, 0.3) is 0 Å². The number of nitrogens with zero attached hydrogens (tertiary/aromatic N) is 1. The van der Waals surface area contributed by atoms with Crippen molar-refractivity contribution >= 4 is 0 Å². The maximum atomic E-state index is 7.00. The number of nitrogens with two attached hydrogens (primary N) is 1. The Morgan fingerprint density at radius 3 is 2.35 bits per heavy atom. The summed E-state index contributed by atoms with van der Waals surface area (Å²) in [6.07, 6.45) is 7.29. The van der Waals surface area contributed by atoms with E-state index in [1.165, 1.54) is 44.3 Å². The molecule has 2 heteroatoms. The first kappa shape index (κ1) is 15.5. The van der Waals surface area contributed by atoms with Crippen molar-refractivity contribution in [3.8, 4) is 0 Å². The molecule has 2 atom stereocenters. The van der Waals surface area contributed by atoms with Gasteiger partial charge in [-0.05, 0) is 44.3 Å². The van der Waals surface area contributed by atoms with E-state index in [0.717, 1.165) is 12.8 Å². The third-order valence-electron chi connectivity index (χ3n) is 4.82. The number of rotatable bonds is 7. The second kappa shape index (κ2) is 7.24. The molecule has 2 N–H and O–H groups in total. The van der Waals surface area contributed by atoms with Crippen molar-refractivity contribution in [3.63, 3.8) is 0 Å². The Labute approximate surface area is 124 Å². The van der Waals surface area contributed by atoms with Crippen LogP contribution in [0.25, 0.3) is 0 Å². The molecule has 20 heavy (non-hydrogen) atoms. The summed E-state index contributed by atoms with van der Waals surface area (Å²) in [4.78, 5) is 2.63. The summed E-state index contributed by atoms with van der Waals surface area (Å²) in [6.45, 7) is 6.98. The molecule has 0 aliphatic carbocycles. The van der Waals surface area contributed by atoms with Gasteiger partial charge in [0.15, 0.2) is 0 Å². The van der Waals surface area contributed by atoms with Crippen LogP contribution in [0.2, 0.25) is 0 Å². The molecular weight excluding hydrogens is 244 g/mol. The largest absolute Gasteiger partial charge is 0.320 e. The van der Waals surface area contributed by atoms with Crippen LogP contribution in [0, 0.1) is 0 Å². The van der Waals surface area contributed by atoms with Crippen LogP contribution >= 0.6 is 0 Å². The standard InChI is InChI=1S/C18H30N2/c1-3-5-13-18(19,16-11-7-6-8-12-16)17(4-2)20-14-9-10-15-20/h6-8,11-12,17H,3-5,9-10,13-15,19H2,1-2H3. The summed E-state index contributed by atoms with van der Waals surface area (Å²) in [5.74, 6) is 0. The Kier molecular flexibility index (Phi) is 5.62. The minimum atomic E-state index is -0.198. The molecule has 1 aromatic carbocycles. The lowest BCUT2D eigenvalue weighted by Gasteiger charge is -2.43. The van der Waals surface area contributed by atoms with Crippen molar-refractivity contribution < 1.29 is 0 Å². The quantitative estimate of drug-likeness (QED) is 0.817. The lowest BCUT2D eigenvalue weighted by molar-refractivity contribution is 0.130. The molecule has 1 aromatic rings. The van der Waals surface area contributed by atoms with Crippen LogP contribution in [0.3, 0.4) is 0 Å². The third-order valence-corrected chi connectivity index (χ3v) is 4.82. The predicted molar refractivity (Wildman–Crippen MR) is 86.7 cm³/mol. The van der Waals surface area contributed by atoms with Crippen LogP contribution in [0.15, 0.2) is 30.3 Å². The van der Waals surface area contributed by atoms with E-state index in [4.69, 9.17) is 5.73 Å². The van der Waals surface area contributed by atoms with E-state index in [2.05, 4.69) is 49.1 Å². The molecule has 1 aliphatic heterocycles. The Hall–Kier alpha value is -0.860. The van der Waals surface area contributed by atoms with Crippen LogP contribution in [-0.2, 0) is 5.54 Å². The van der Waals surface area contributed by atoms with Gasteiger partial charge in [0.05, 0.1) is 5.54 Å². The minimum Gasteiger partial charge on any atom is -0.320 e. The lowest BCUT2D eigenvalue weighted by atomic mass is 9.77. The van der Waals surface area contributed by atoms with Crippen molar-refractivity contribution in [2.75, 3.05) is 13.1 Å². The van der Waals surface area contributed by atoms with Crippen molar-refractivity contribution in [1.82, 2.24) is 4.90 Å². The zero-order chi connectivity index (χ0) is 14.4. The Bertz CT molecular complexity index is 384. The van der Waals surface area contributed by atoms with Gasteiger partial charge in [-0.2, -0.15) is 0 Å². The van der Waals surface area contributed by atoms with Gasteiger partial charge < -0.3 is 5.73 Å². The molecular formula is C18H30N2. The molecule has 1 aliphatic rings. The molecule has 2 unspecified atom stereocenters. The number of likely N-dealkylation sites (tertiary alicyclic amines) is 1. The van der Waals surface area contributed by atoms with Crippen LogP contribution in [0.4, 0.5) is 0 Å². The predicted octanol–water partition coefficient (Wildman–Crippen LogP) is 3.91. The monoisotopic (exact) mass is 274 g/mol. The fourth-order valence-corrected chi connectivity index (χ4v) is 3.72. The summed E-state index contributed by atoms with van der Waals surface area (Å²) in [5.41, 5.74) is 8.11. The van der Waals surface area contributed by atoms with E-state index in [1.807, 2.05) is 0 Å². The summed E-state index contributed by atoms with van der Waals surface area (Å²) in [6, 6.07) is 11.2. The number of hydrogen-bond donors (Lipinski definition) is 1. The minimum absolute atomic E-state index is 0.198. The fraction of sp³-hybridized carbons (Fsp3) is 0.667. The summed E-state index contributed by atoms with van der Waals surface area (Å²) >= 11 is 0. The molecule has 1 heterocycles. The van der Waals surface area contributed by atoms with Gasteiger partial charge in [-0.15, -0.1) is 0 Å². The van der Waals surface area contributed by atoms with Crippen LogP contribution in [0.1, 0.15) is 57.9 Å². The second-order valence-corrected chi connectivity index (χ2v) is 6.18. The Balaban J connectivity index is 2.28. The van der Waals surface area contributed by atoms with Gasteiger partial charge in [0.2, 0.25) is 0 Å². The fourth-order valence-electron chi connectivity index (χ4n) is 3.72. The molecule has 0 radical (unpaired) electrons. The van der Waals surface area contributed by atoms with Crippen LogP contribution in [-0.4, -0.2) is 24.0 Å². The van der Waals surface area contributed by atoms with E-state index in [0.29, 0.717) is 6.04 Å². The van der Waals surface area contributed by atoms with Gasteiger partial charge in [0, 0.05) is 6.04 Å². The first-order valence-corrected chi connectivity index (χ1v) is 8.30. The number of benzene rings is 1. The van der Waals surface area contributed by atoms with Crippen molar-refractivity contribution in [2.24, 2.45) is 5.73 Å². The first-order chi connectivity index (χ1) is 9.72. The smallest absolute Gasteiger partial charge is 0.0567 e. The highest BCUT2D eigenvalue weighted by molar-refractivity contribution is 5.26. The summed E-state index contributed by atoms with van der Waals surface area (Å²) in [5, 5.41) is 0. The first-order valence-electron chi connectivity index (χ1n) is 8.30. The maximum absolute atomic E-state index is 7.00. The second-order valence-electron chi connectivity index (χ2n) is 6.18. The highest BCUT2D eigenvalue weighted by Gasteiger charge is 2.39. The van der Waals surface area contributed by atoms with Crippen LogP contribution in [0.5, 0.6) is 0 Å². The van der Waals surface area contributed by atoms with Crippen LogP contribution < -0.4 is 5.73 Å². The third kappa shape index (κ3) is 3.24. The van der Waals surface area contributed by atoms with E-state index < -0.39 is 0 Å². The van der Waals surface area contributed by atoms with Gasteiger partial charge in [-0.3, -0.25) is 4.90 Å². The normalized spacial score (nSPS) is 20.8. The Morgan fingerprint density at radius 2 is 1.80 bits per heavy atom. The molecule has 0 amide bonds. The lowest BCUT2D eigenvalue weighted by Crippen LogP contribution is -2.55. The van der Waals surface area contributed by atoms with E-state index >= 15 is 0 Å². The van der Waals surface area contributed by atoms with Crippen molar-refractivity contribution in [3.05, 3.63) is 35.9 Å². The van der Waals surface area contributed by atoms with Crippen molar-refractivity contribution in [1.29, 1.82) is 0 Å². The molecule has 1 saturated heterocycles. The topological polar surface area (TPSA) is 29.3 Å². The molecule has 2 rings (SSSR count). The van der Waals surface area contributed by atoms with Gasteiger partial charge in [-0.25, -0.2) is 0 Å². The average Bonchev–Trinajstić information content (AvgIpc) is 3.01. The molecule has 0 aromatic heterocycles. The SMILES string of the molecule is CCCCC(N)(c1ccccc1)C(CC)N1CCCC1. The molecule has 1 fully saturated rings. The molecule has 0 spiro atoms. The average molecular weight is 274 g/mol. The number of unbranched alkanes of at least 4 members (excludes halogenated alkanes) is 1. The highest BCUT2D eigenvalue weighted by Crippen LogP contribution is 2.34. The molecule has 0 bridgehead atoms. The molecule has 112 valence electrons. The zero-order valence-corrected chi connectivity index (χ0v) is 13.1. The maximum Gasteiger partial charge on any atom is 0.0567 e. The highest BCUT2D eigenvalue weighted by atomic mass is 15.2. The molecule has 0 saturated carbocycles. The van der Waals surface area contributed by atoms with Crippen molar-refractivity contribution in [2.45, 2.75) is 64.0 Å². The van der Waals surface area contributed by atoms with Gasteiger partial charge in [0.1, 0.15) is 0 Å². The van der Waals surface area contributed by atoms with Gasteiger partial charge >= 0.3 is 0 Å². The Morgan fingerprint density at radius 1 is 1.15 bits per heavy atom.